The number of imide groups is 1. The van der Waals surface area contributed by atoms with Crippen molar-refractivity contribution in [1.82, 2.24) is 0 Å². The highest BCUT2D eigenvalue weighted by atomic mass is 35.5. The summed E-state index contributed by atoms with van der Waals surface area (Å²) < 4.78 is 0. The predicted octanol–water partition coefficient (Wildman–Crippen LogP) is 3.12. The van der Waals surface area contributed by atoms with Crippen molar-refractivity contribution in [3.05, 3.63) is 29.3 Å². The average Bonchev–Trinajstić information content (AvgIpc) is 3.24. The standard InChI is InChI=1S/C17H16ClNO2/c18-8-2-1-3-9(6-8)19-16(20)14-10-4-5-11(13-7-12(10)13)15(14)17(19)21/h1-3,6,10-15H,4-5,7H2/t10-,11+,12+,13-,14-,15+. The van der Waals surface area contributed by atoms with Gasteiger partial charge < -0.3 is 0 Å². The third-order valence-corrected chi connectivity index (χ3v) is 6.45. The van der Waals surface area contributed by atoms with Gasteiger partial charge in [-0.05, 0) is 61.1 Å². The molecule has 2 bridgehead atoms. The molecule has 0 aromatic heterocycles. The number of benzene rings is 1. The maximum Gasteiger partial charge on any atom is 0.237 e. The Balaban J connectivity index is 1.58. The highest BCUT2D eigenvalue weighted by molar-refractivity contribution is 6.31. The zero-order chi connectivity index (χ0) is 14.3. The van der Waals surface area contributed by atoms with Gasteiger partial charge in [-0.25, -0.2) is 4.90 Å². The van der Waals surface area contributed by atoms with Gasteiger partial charge in [-0.1, -0.05) is 17.7 Å². The second-order valence-corrected chi connectivity index (χ2v) is 7.45. The minimum absolute atomic E-state index is 0.0207. The molecule has 3 nitrogen and oxygen atoms in total. The molecule has 4 heteroatoms. The van der Waals surface area contributed by atoms with Gasteiger partial charge in [0.15, 0.2) is 0 Å². The fraction of sp³-hybridized carbons (Fsp3) is 0.529. The molecule has 1 aromatic carbocycles. The lowest BCUT2D eigenvalue weighted by Gasteiger charge is -2.42. The number of halogens is 1. The molecule has 4 saturated carbocycles. The highest BCUT2D eigenvalue weighted by Crippen LogP contribution is 2.68. The van der Waals surface area contributed by atoms with Crippen molar-refractivity contribution in [3.63, 3.8) is 0 Å². The maximum atomic E-state index is 12.9. The molecule has 2 amide bonds. The van der Waals surface area contributed by atoms with Crippen molar-refractivity contribution < 1.29 is 9.59 Å². The second-order valence-electron chi connectivity index (χ2n) is 7.01. The largest absolute Gasteiger partial charge is 0.274 e. The monoisotopic (exact) mass is 301 g/mol. The Bertz CT molecular complexity index is 639. The molecule has 1 aromatic rings. The molecule has 21 heavy (non-hydrogen) atoms. The summed E-state index contributed by atoms with van der Waals surface area (Å²) in [5.74, 6) is 2.27. The van der Waals surface area contributed by atoms with Crippen molar-refractivity contribution in [1.29, 1.82) is 0 Å². The van der Waals surface area contributed by atoms with Gasteiger partial charge >= 0.3 is 0 Å². The Hall–Kier alpha value is -1.35. The lowest BCUT2D eigenvalue weighted by Crippen LogP contribution is -2.43. The molecule has 1 saturated heterocycles. The van der Waals surface area contributed by atoms with E-state index < -0.39 is 0 Å². The number of hydrogen-bond donors (Lipinski definition) is 0. The molecule has 5 aliphatic rings. The highest BCUT2D eigenvalue weighted by Gasteiger charge is 2.68. The van der Waals surface area contributed by atoms with E-state index in [2.05, 4.69) is 0 Å². The quantitative estimate of drug-likeness (QED) is 0.747. The molecular weight excluding hydrogens is 286 g/mol. The fourth-order valence-corrected chi connectivity index (χ4v) is 5.59. The molecular formula is C17H16ClNO2. The van der Waals surface area contributed by atoms with E-state index in [-0.39, 0.29) is 23.7 Å². The SMILES string of the molecule is O=C1[C@@H]2[C@@H]3CC[C@@H]([C@H]4C[C@H]43)[C@@H]2C(=O)N1c1cccc(Cl)c1. The van der Waals surface area contributed by atoms with Crippen LogP contribution in [0.5, 0.6) is 0 Å². The molecule has 0 spiro atoms. The van der Waals surface area contributed by atoms with E-state index in [1.807, 2.05) is 6.07 Å². The molecule has 1 heterocycles. The number of anilines is 1. The van der Waals surface area contributed by atoms with Crippen molar-refractivity contribution >= 4 is 29.1 Å². The van der Waals surface area contributed by atoms with Gasteiger partial charge in [0.1, 0.15) is 0 Å². The molecule has 6 atom stereocenters. The van der Waals surface area contributed by atoms with Crippen LogP contribution in [0.1, 0.15) is 19.3 Å². The van der Waals surface area contributed by atoms with Crippen LogP contribution in [0.4, 0.5) is 5.69 Å². The zero-order valence-electron chi connectivity index (χ0n) is 11.5. The molecule has 0 radical (unpaired) electrons. The molecule has 5 fully saturated rings. The molecule has 1 aliphatic heterocycles. The third-order valence-electron chi connectivity index (χ3n) is 6.21. The van der Waals surface area contributed by atoms with Gasteiger partial charge in [-0.2, -0.15) is 0 Å². The van der Waals surface area contributed by atoms with Crippen molar-refractivity contribution in [2.75, 3.05) is 4.90 Å². The van der Waals surface area contributed by atoms with E-state index in [1.165, 1.54) is 11.3 Å². The van der Waals surface area contributed by atoms with E-state index in [1.54, 1.807) is 18.2 Å². The summed E-state index contributed by atoms with van der Waals surface area (Å²) in [6, 6.07) is 7.09. The first kappa shape index (κ1) is 12.2. The van der Waals surface area contributed by atoms with Crippen LogP contribution in [0.2, 0.25) is 5.02 Å². The number of nitrogens with zero attached hydrogens (tertiary/aromatic N) is 1. The summed E-state index contributed by atoms with van der Waals surface area (Å²) in [5.41, 5.74) is 0.639. The smallest absolute Gasteiger partial charge is 0.237 e. The summed E-state index contributed by atoms with van der Waals surface area (Å²) in [5, 5.41) is 0.564. The maximum absolute atomic E-state index is 12.9. The Morgan fingerprint density at radius 1 is 0.952 bits per heavy atom. The van der Waals surface area contributed by atoms with Crippen molar-refractivity contribution in [2.24, 2.45) is 35.5 Å². The van der Waals surface area contributed by atoms with Gasteiger partial charge in [0.25, 0.3) is 0 Å². The molecule has 6 rings (SSSR count). The Morgan fingerprint density at radius 3 is 2.14 bits per heavy atom. The third kappa shape index (κ3) is 1.45. The van der Waals surface area contributed by atoms with Crippen LogP contribution >= 0.6 is 11.6 Å². The van der Waals surface area contributed by atoms with Gasteiger partial charge in [-0.3, -0.25) is 9.59 Å². The average molecular weight is 302 g/mol. The Labute approximate surface area is 128 Å². The molecule has 0 unspecified atom stereocenters. The topological polar surface area (TPSA) is 37.4 Å². The molecule has 0 N–H and O–H groups in total. The summed E-state index contributed by atoms with van der Waals surface area (Å²) in [4.78, 5) is 27.2. The van der Waals surface area contributed by atoms with Gasteiger partial charge in [0.05, 0.1) is 17.5 Å². The Morgan fingerprint density at radius 2 is 1.57 bits per heavy atom. The zero-order valence-corrected chi connectivity index (χ0v) is 12.3. The summed E-state index contributed by atoms with van der Waals surface area (Å²) in [6.07, 6.45) is 3.52. The van der Waals surface area contributed by atoms with Crippen LogP contribution < -0.4 is 4.90 Å². The lowest BCUT2D eigenvalue weighted by molar-refractivity contribution is -0.129. The van der Waals surface area contributed by atoms with Crippen LogP contribution in [0.15, 0.2) is 24.3 Å². The first-order chi connectivity index (χ1) is 10.2. The number of amides is 2. The summed E-state index contributed by atoms with van der Waals surface area (Å²) >= 11 is 6.02. The lowest BCUT2D eigenvalue weighted by atomic mass is 9.59. The van der Waals surface area contributed by atoms with Gasteiger partial charge in [0.2, 0.25) is 11.8 Å². The second kappa shape index (κ2) is 3.89. The fourth-order valence-electron chi connectivity index (χ4n) is 5.41. The normalized spacial score (nSPS) is 43.0. The Kier molecular flexibility index (Phi) is 2.26. The number of fused-ring (bicyclic) bond motifs is 1. The summed E-state index contributed by atoms with van der Waals surface area (Å²) in [7, 11) is 0. The first-order valence-corrected chi connectivity index (χ1v) is 8.18. The van der Waals surface area contributed by atoms with E-state index in [4.69, 9.17) is 11.6 Å². The predicted molar refractivity (Wildman–Crippen MR) is 78.7 cm³/mol. The van der Waals surface area contributed by atoms with E-state index >= 15 is 0 Å². The van der Waals surface area contributed by atoms with Crippen molar-refractivity contribution in [3.8, 4) is 0 Å². The minimum atomic E-state index is -0.0565. The van der Waals surface area contributed by atoms with E-state index in [9.17, 15) is 9.59 Å². The van der Waals surface area contributed by atoms with Crippen LogP contribution in [-0.2, 0) is 9.59 Å². The minimum Gasteiger partial charge on any atom is -0.274 e. The number of hydrogen-bond acceptors (Lipinski definition) is 2. The first-order valence-electron chi connectivity index (χ1n) is 7.80. The number of carbonyl (C=O) groups excluding carboxylic acids is 2. The van der Waals surface area contributed by atoms with E-state index in [0.717, 1.165) is 24.7 Å². The van der Waals surface area contributed by atoms with Crippen molar-refractivity contribution in [2.45, 2.75) is 19.3 Å². The number of rotatable bonds is 1. The molecule has 108 valence electrons. The van der Waals surface area contributed by atoms with Crippen LogP contribution in [-0.4, -0.2) is 11.8 Å². The van der Waals surface area contributed by atoms with Gasteiger partial charge in [-0.15, -0.1) is 0 Å². The molecule has 4 aliphatic carbocycles. The van der Waals surface area contributed by atoms with E-state index in [0.29, 0.717) is 22.5 Å². The van der Waals surface area contributed by atoms with Crippen LogP contribution in [0.25, 0.3) is 0 Å². The van der Waals surface area contributed by atoms with Gasteiger partial charge in [0, 0.05) is 5.02 Å². The summed E-state index contributed by atoms with van der Waals surface area (Å²) in [6.45, 7) is 0. The van der Waals surface area contributed by atoms with Crippen LogP contribution in [0, 0.1) is 35.5 Å². The van der Waals surface area contributed by atoms with Crippen LogP contribution in [0.3, 0.4) is 0 Å². The number of carbonyl (C=O) groups is 2.